The molecule has 10 nitrogen and oxygen atoms in total. The molecule has 0 radical (unpaired) electrons. The van der Waals surface area contributed by atoms with Crippen molar-refractivity contribution in [3.63, 3.8) is 0 Å². The number of aliphatic hydroxyl groups excluding tert-OH is 2. The van der Waals surface area contributed by atoms with Gasteiger partial charge in [-0.25, -0.2) is 4.39 Å². The summed E-state index contributed by atoms with van der Waals surface area (Å²) in [6, 6.07) is 11.9. The van der Waals surface area contributed by atoms with Crippen LogP contribution in [-0.4, -0.2) is 78.3 Å². The van der Waals surface area contributed by atoms with Crippen LogP contribution < -0.4 is 9.47 Å². The molecule has 7 atom stereocenters. The van der Waals surface area contributed by atoms with E-state index in [2.05, 4.69) is 12.7 Å². The lowest BCUT2D eigenvalue weighted by Crippen LogP contribution is -2.69. The van der Waals surface area contributed by atoms with Gasteiger partial charge in [-0.05, 0) is 92.5 Å². The number of ether oxygens (including phenoxy) is 4. The lowest BCUT2D eigenvalue weighted by atomic mass is 9.55. The summed E-state index contributed by atoms with van der Waals surface area (Å²) in [7, 11) is 1.88. The van der Waals surface area contributed by atoms with Gasteiger partial charge in [0.15, 0.2) is 0 Å². The highest BCUT2D eigenvalue weighted by atomic mass is 19.1. The van der Waals surface area contributed by atoms with Crippen molar-refractivity contribution in [2.24, 2.45) is 28.8 Å². The van der Waals surface area contributed by atoms with Gasteiger partial charge in [-0.2, -0.15) is 0 Å². The Balaban J connectivity index is 1.36. The molecule has 1 amide bonds. The van der Waals surface area contributed by atoms with Crippen LogP contribution in [0.15, 0.2) is 71.9 Å². The molecule has 322 valence electrons. The fraction of sp³-hybridized carbons (Fsp3) is 0.625. The Bertz CT molecular complexity index is 1770. The maximum Gasteiger partial charge on any atom is 0.239 e. The number of aliphatic hydroxyl groups is 2. The zero-order chi connectivity index (χ0) is 41.2. The Morgan fingerprint density at radius 3 is 2.54 bits per heavy atom. The average Bonchev–Trinajstić information content (AvgIpc) is 3.79. The summed E-state index contributed by atoms with van der Waals surface area (Å²) in [5, 5.41) is 24.7. The molecule has 0 aromatic heterocycles. The van der Waals surface area contributed by atoms with Gasteiger partial charge in [0.2, 0.25) is 18.0 Å². The standard InChI is InChI=1S/C48H65FN2O8/c1-3-27-57-48-43(51(2)44(54)24-21-33-14-4-5-15-33)31-41(50-59-45-20-10-13-28-55-45)38-29-34(16-8-11-25-52)37(18-9-12-26-53)46(47(38)48)39-30-36(22-23-42(39)58-48)56-32-35-17-6-7-19-40(35)49/h3,6-7,17,19,22-23,29-30,33-34,37,43,45-47,52-53H,1,4-5,8-16,18,20-21,24-28,31-32H2,2H3. The first kappa shape index (κ1) is 43.3. The van der Waals surface area contributed by atoms with Crippen molar-refractivity contribution < 1.29 is 43.2 Å². The highest BCUT2D eigenvalue weighted by molar-refractivity contribution is 6.03. The number of benzene rings is 2. The van der Waals surface area contributed by atoms with E-state index < -0.39 is 24.0 Å². The highest BCUT2D eigenvalue weighted by Crippen LogP contribution is 2.62. The second-order valence-electron chi connectivity index (χ2n) is 17.2. The first-order valence-corrected chi connectivity index (χ1v) is 22.3. The van der Waals surface area contributed by atoms with Crippen LogP contribution in [0.2, 0.25) is 0 Å². The predicted molar refractivity (Wildman–Crippen MR) is 224 cm³/mol. The summed E-state index contributed by atoms with van der Waals surface area (Å²) in [4.78, 5) is 22.5. The predicted octanol–water partition coefficient (Wildman–Crippen LogP) is 8.99. The van der Waals surface area contributed by atoms with Gasteiger partial charge in [0.05, 0.1) is 24.8 Å². The molecular formula is C48H65FN2O8. The van der Waals surface area contributed by atoms with E-state index in [-0.39, 0.29) is 55.9 Å². The number of carbonyl (C=O) groups is 1. The van der Waals surface area contributed by atoms with Crippen LogP contribution in [0.5, 0.6) is 11.5 Å². The molecule has 2 aromatic rings. The Hall–Kier alpha value is -3.77. The molecule has 5 aliphatic rings. The lowest BCUT2D eigenvalue weighted by Gasteiger charge is -2.59. The SMILES string of the molecule is C=CCOC12Oc3ccc(OCc4ccccc4F)cc3C3C(CCCCO)C(CCCCO)C=C(C(=NOC4CCCCO4)CC1N(C)C(=O)CCC1CCCC1)C32. The number of likely N-dealkylation sites (N-methyl/N-ethyl adjacent to an activating group) is 1. The van der Waals surface area contributed by atoms with E-state index in [1.54, 1.807) is 24.3 Å². The molecule has 2 N–H and O–H groups in total. The number of amides is 1. The van der Waals surface area contributed by atoms with Gasteiger partial charge in [-0.3, -0.25) is 4.79 Å². The zero-order valence-electron chi connectivity index (χ0n) is 34.9. The highest BCUT2D eigenvalue weighted by Gasteiger charge is 2.65. The Morgan fingerprint density at radius 2 is 1.80 bits per heavy atom. The molecule has 3 fully saturated rings. The minimum absolute atomic E-state index is 0.0480. The molecule has 0 bridgehead atoms. The molecule has 0 spiro atoms. The summed E-state index contributed by atoms with van der Waals surface area (Å²) in [6.07, 6.45) is 17.5. The lowest BCUT2D eigenvalue weighted by molar-refractivity contribution is -0.256. The molecule has 7 rings (SSSR count). The molecule has 2 aliphatic heterocycles. The van der Waals surface area contributed by atoms with Crippen LogP contribution in [0.1, 0.15) is 120 Å². The average molecular weight is 817 g/mol. The summed E-state index contributed by atoms with van der Waals surface area (Å²) >= 11 is 0. The van der Waals surface area contributed by atoms with Crippen molar-refractivity contribution in [2.75, 3.05) is 33.5 Å². The van der Waals surface area contributed by atoms with Crippen molar-refractivity contribution in [1.82, 2.24) is 4.90 Å². The number of unbranched alkanes of at least 4 members (excludes halogenated alkanes) is 2. The van der Waals surface area contributed by atoms with E-state index in [0.29, 0.717) is 55.3 Å². The van der Waals surface area contributed by atoms with Gasteiger partial charge in [0.25, 0.3) is 0 Å². The van der Waals surface area contributed by atoms with Crippen LogP contribution in [0.4, 0.5) is 4.39 Å². The summed E-state index contributed by atoms with van der Waals surface area (Å²) in [5.41, 5.74) is 3.16. The third-order valence-corrected chi connectivity index (χ3v) is 13.5. The van der Waals surface area contributed by atoms with E-state index in [1.165, 1.54) is 31.7 Å². The van der Waals surface area contributed by atoms with Gasteiger partial charge in [0, 0.05) is 56.6 Å². The number of rotatable bonds is 20. The molecule has 11 heteroatoms. The maximum atomic E-state index is 14.7. The van der Waals surface area contributed by atoms with Crippen molar-refractivity contribution in [2.45, 2.75) is 133 Å². The number of halogens is 1. The number of carbonyl (C=O) groups excluding carboxylic acids is 1. The molecule has 2 heterocycles. The Kier molecular flexibility index (Phi) is 15.2. The molecule has 7 unspecified atom stereocenters. The van der Waals surface area contributed by atoms with E-state index in [9.17, 15) is 19.4 Å². The first-order chi connectivity index (χ1) is 28.9. The van der Waals surface area contributed by atoms with Crippen molar-refractivity contribution in [3.05, 3.63) is 83.7 Å². The van der Waals surface area contributed by atoms with Crippen LogP contribution >= 0.6 is 0 Å². The molecule has 1 saturated heterocycles. The fourth-order valence-electron chi connectivity index (χ4n) is 10.5. The third kappa shape index (κ3) is 9.90. The number of hydrogen-bond acceptors (Lipinski definition) is 9. The van der Waals surface area contributed by atoms with Crippen molar-refractivity contribution in [1.29, 1.82) is 0 Å². The van der Waals surface area contributed by atoms with E-state index in [0.717, 1.165) is 68.2 Å². The zero-order valence-corrected chi connectivity index (χ0v) is 34.9. The maximum absolute atomic E-state index is 14.7. The van der Waals surface area contributed by atoms with Gasteiger partial charge < -0.3 is 38.9 Å². The molecule has 2 saturated carbocycles. The quantitative estimate of drug-likeness (QED) is 0.0773. The minimum Gasteiger partial charge on any atom is -0.489 e. The summed E-state index contributed by atoms with van der Waals surface area (Å²) in [6.45, 7) is 5.14. The van der Waals surface area contributed by atoms with E-state index in [1.807, 2.05) is 30.1 Å². The molecular weight excluding hydrogens is 752 g/mol. The number of nitrogens with zero attached hydrogens (tertiary/aromatic N) is 2. The topological polar surface area (TPSA) is 119 Å². The normalized spacial score (nSPS) is 28.3. The number of hydrogen-bond donors (Lipinski definition) is 2. The Morgan fingerprint density at radius 1 is 1.02 bits per heavy atom. The van der Waals surface area contributed by atoms with Gasteiger partial charge >= 0.3 is 0 Å². The summed E-state index contributed by atoms with van der Waals surface area (Å²) < 4.78 is 41.3. The van der Waals surface area contributed by atoms with Gasteiger partial charge in [-0.1, -0.05) is 74.0 Å². The molecule has 2 aromatic carbocycles. The largest absolute Gasteiger partial charge is 0.489 e. The van der Waals surface area contributed by atoms with Gasteiger partial charge in [0.1, 0.15) is 30.0 Å². The third-order valence-electron chi connectivity index (χ3n) is 13.5. The Labute approximate surface area is 349 Å². The summed E-state index contributed by atoms with van der Waals surface area (Å²) in [5.74, 6) is -0.186. The van der Waals surface area contributed by atoms with Crippen molar-refractivity contribution >= 4 is 11.6 Å². The van der Waals surface area contributed by atoms with Crippen LogP contribution in [0.3, 0.4) is 0 Å². The first-order valence-electron chi connectivity index (χ1n) is 22.3. The second kappa shape index (κ2) is 20.7. The number of allylic oxidation sites excluding steroid dienone is 1. The molecule has 3 aliphatic carbocycles. The second-order valence-corrected chi connectivity index (χ2v) is 17.2. The minimum atomic E-state index is -1.31. The van der Waals surface area contributed by atoms with E-state index in [4.69, 9.17) is 28.9 Å². The van der Waals surface area contributed by atoms with Gasteiger partial charge in [-0.15, -0.1) is 6.58 Å². The van der Waals surface area contributed by atoms with Crippen LogP contribution in [0.25, 0.3) is 0 Å². The van der Waals surface area contributed by atoms with Crippen LogP contribution in [-0.2, 0) is 25.7 Å². The van der Waals surface area contributed by atoms with Crippen molar-refractivity contribution in [3.8, 4) is 11.5 Å². The molecule has 59 heavy (non-hydrogen) atoms. The smallest absolute Gasteiger partial charge is 0.239 e. The van der Waals surface area contributed by atoms with E-state index >= 15 is 0 Å². The number of oxime groups is 1. The number of fused-ring (bicyclic) bond motifs is 2. The fourth-order valence-corrected chi connectivity index (χ4v) is 10.5. The van der Waals surface area contributed by atoms with Crippen LogP contribution in [0, 0.1) is 29.5 Å². The monoisotopic (exact) mass is 816 g/mol.